The number of hydrazine groups is 1. The van der Waals surface area contributed by atoms with Crippen LogP contribution in [-0.4, -0.2) is 9.97 Å². The Morgan fingerprint density at radius 3 is 2.40 bits per heavy atom. The molecule has 2 rings (SSSR count). The van der Waals surface area contributed by atoms with E-state index >= 15 is 0 Å². The molecule has 0 aliphatic rings. The number of aromatic nitrogens is 2. The number of nitrogens with zero attached hydrogens (tertiary/aromatic N) is 2. The topological polar surface area (TPSA) is 63.8 Å². The number of aryl methyl sites for hydroxylation is 1. The van der Waals surface area contributed by atoms with Gasteiger partial charge in [0.2, 0.25) is 0 Å². The highest BCUT2D eigenvalue weighted by Gasteiger charge is 2.14. The Morgan fingerprint density at radius 1 is 1.20 bits per heavy atom. The summed E-state index contributed by atoms with van der Waals surface area (Å²) in [5, 5.41) is 0. The number of halogens is 1. The zero-order valence-electron chi connectivity index (χ0n) is 11.9. The van der Waals surface area contributed by atoms with Crippen molar-refractivity contribution in [1.29, 1.82) is 0 Å². The molecule has 0 aliphatic carbocycles. The summed E-state index contributed by atoms with van der Waals surface area (Å²) in [4.78, 5) is 9.13. The normalized spacial score (nSPS) is 10.9. The minimum absolute atomic E-state index is 0.336. The number of hydrogen-bond acceptors (Lipinski definition) is 4. The zero-order chi connectivity index (χ0) is 14.7. The van der Waals surface area contributed by atoms with Gasteiger partial charge in [-0.05, 0) is 30.5 Å². The van der Waals surface area contributed by atoms with Gasteiger partial charge in [-0.15, -0.1) is 0 Å². The quantitative estimate of drug-likeness (QED) is 0.663. The molecular formula is C15H19BrN4. The number of hydrogen-bond donors (Lipinski definition) is 2. The second-order valence-electron chi connectivity index (χ2n) is 5.09. The number of nitrogens with one attached hydrogen (secondary N) is 1. The third kappa shape index (κ3) is 3.35. The van der Waals surface area contributed by atoms with E-state index in [1.165, 1.54) is 5.56 Å². The summed E-state index contributed by atoms with van der Waals surface area (Å²) in [6.45, 7) is 6.23. The van der Waals surface area contributed by atoms with Crippen molar-refractivity contribution >= 4 is 21.7 Å². The highest BCUT2D eigenvalue weighted by molar-refractivity contribution is 9.10. The van der Waals surface area contributed by atoms with Crippen molar-refractivity contribution < 1.29 is 0 Å². The van der Waals surface area contributed by atoms with Crippen molar-refractivity contribution in [2.75, 3.05) is 5.43 Å². The van der Waals surface area contributed by atoms with Crippen LogP contribution in [0.5, 0.6) is 0 Å². The fourth-order valence-corrected chi connectivity index (χ4v) is 2.57. The van der Waals surface area contributed by atoms with Gasteiger partial charge in [0.1, 0.15) is 11.6 Å². The molecule has 0 spiro atoms. The average Bonchev–Trinajstić information content (AvgIpc) is 2.40. The first-order chi connectivity index (χ1) is 9.51. The summed E-state index contributed by atoms with van der Waals surface area (Å²) < 4.78 is 1.07. The molecule has 0 fully saturated rings. The molecular weight excluding hydrogens is 316 g/mol. The summed E-state index contributed by atoms with van der Waals surface area (Å²) in [6, 6.07) is 8.17. The molecule has 0 saturated carbocycles. The fraction of sp³-hybridized carbons (Fsp3) is 0.333. The Hall–Kier alpha value is -1.46. The van der Waals surface area contributed by atoms with E-state index in [0.29, 0.717) is 12.3 Å². The molecule has 1 aromatic carbocycles. The van der Waals surface area contributed by atoms with Gasteiger partial charge in [0.05, 0.1) is 0 Å². The monoisotopic (exact) mass is 334 g/mol. The molecule has 4 nitrogen and oxygen atoms in total. The highest BCUT2D eigenvalue weighted by Crippen LogP contribution is 2.25. The molecule has 3 N–H and O–H groups in total. The first-order valence-corrected chi connectivity index (χ1v) is 7.39. The predicted molar refractivity (Wildman–Crippen MR) is 85.6 cm³/mol. The minimum Gasteiger partial charge on any atom is -0.308 e. The van der Waals surface area contributed by atoms with Gasteiger partial charge in [-0.1, -0.05) is 41.9 Å². The van der Waals surface area contributed by atoms with Crippen molar-refractivity contribution in [1.82, 2.24) is 9.97 Å². The summed E-state index contributed by atoms with van der Waals surface area (Å²) in [6.07, 6.45) is 0.696. The lowest BCUT2D eigenvalue weighted by Crippen LogP contribution is -2.15. The molecule has 0 amide bonds. The van der Waals surface area contributed by atoms with E-state index in [9.17, 15) is 0 Å². The summed E-state index contributed by atoms with van der Waals surface area (Å²) in [5.74, 6) is 7.43. The van der Waals surface area contributed by atoms with Gasteiger partial charge in [0.25, 0.3) is 0 Å². The summed E-state index contributed by atoms with van der Waals surface area (Å²) in [5.41, 5.74) is 5.93. The third-order valence-electron chi connectivity index (χ3n) is 3.17. The maximum absolute atomic E-state index is 5.59. The smallest absolute Gasteiger partial charge is 0.147 e. The van der Waals surface area contributed by atoms with Crippen LogP contribution in [0.15, 0.2) is 28.7 Å². The van der Waals surface area contributed by atoms with Crippen LogP contribution in [0.2, 0.25) is 0 Å². The fourth-order valence-electron chi connectivity index (χ4n) is 2.30. The summed E-state index contributed by atoms with van der Waals surface area (Å²) >= 11 is 3.43. The molecule has 0 unspecified atom stereocenters. The second-order valence-corrected chi connectivity index (χ2v) is 6.01. The first-order valence-electron chi connectivity index (χ1n) is 6.59. The maximum atomic E-state index is 5.59. The molecule has 20 heavy (non-hydrogen) atoms. The van der Waals surface area contributed by atoms with Crippen LogP contribution in [-0.2, 0) is 6.42 Å². The lowest BCUT2D eigenvalue weighted by atomic mass is 10.0. The Morgan fingerprint density at radius 2 is 1.85 bits per heavy atom. The van der Waals surface area contributed by atoms with E-state index in [-0.39, 0.29) is 0 Å². The summed E-state index contributed by atoms with van der Waals surface area (Å²) in [7, 11) is 0. The van der Waals surface area contributed by atoms with Crippen molar-refractivity contribution in [3.63, 3.8) is 0 Å². The van der Waals surface area contributed by atoms with Crippen molar-refractivity contribution in [3.8, 4) is 0 Å². The van der Waals surface area contributed by atoms with Crippen LogP contribution >= 0.6 is 15.9 Å². The molecule has 1 heterocycles. The van der Waals surface area contributed by atoms with Crippen molar-refractivity contribution in [2.24, 2.45) is 5.84 Å². The Kier molecular flexibility index (Phi) is 4.73. The SMILES string of the molecule is Cc1nc(Cc2ccc(Br)cc2)nc(NN)c1C(C)C. The number of rotatable bonds is 4. The van der Waals surface area contributed by atoms with Crippen LogP contribution in [0.1, 0.15) is 42.4 Å². The van der Waals surface area contributed by atoms with E-state index in [2.05, 4.69) is 57.3 Å². The maximum Gasteiger partial charge on any atom is 0.147 e. The lowest BCUT2D eigenvalue weighted by molar-refractivity contribution is 0.811. The molecule has 0 atom stereocenters. The van der Waals surface area contributed by atoms with Crippen molar-refractivity contribution in [3.05, 3.63) is 51.4 Å². The predicted octanol–water partition coefficient (Wildman–Crippen LogP) is 3.55. The van der Waals surface area contributed by atoms with Crippen LogP contribution in [0, 0.1) is 6.92 Å². The van der Waals surface area contributed by atoms with E-state index in [1.807, 2.05) is 19.1 Å². The van der Waals surface area contributed by atoms with Gasteiger partial charge in [0, 0.05) is 22.2 Å². The molecule has 5 heteroatoms. The van der Waals surface area contributed by atoms with Crippen molar-refractivity contribution in [2.45, 2.75) is 33.1 Å². The van der Waals surface area contributed by atoms with E-state index < -0.39 is 0 Å². The Balaban J connectivity index is 2.33. The van der Waals surface area contributed by atoms with Crippen LogP contribution in [0.25, 0.3) is 0 Å². The number of benzene rings is 1. The first kappa shape index (κ1) is 14.9. The van der Waals surface area contributed by atoms with Gasteiger partial charge < -0.3 is 5.43 Å². The van der Waals surface area contributed by atoms with Crippen LogP contribution in [0.4, 0.5) is 5.82 Å². The molecule has 0 aliphatic heterocycles. The molecule has 0 radical (unpaired) electrons. The average molecular weight is 335 g/mol. The number of nitrogen functional groups attached to an aromatic ring is 1. The Labute approximate surface area is 127 Å². The second kappa shape index (κ2) is 6.33. The van der Waals surface area contributed by atoms with E-state index in [1.54, 1.807) is 0 Å². The van der Waals surface area contributed by atoms with Gasteiger partial charge in [-0.3, -0.25) is 0 Å². The minimum atomic E-state index is 0.336. The van der Waals surface area contributed by atoms with Crippen LogP contribution < -0.4 is 11.3 Å². The molecule has 2 aromatic rings. The molecule has 0 bridgehead atoms. The standard InChI is InChI=1S/C15H19BrN4/c1-9(2)14-10(3)18-13(19-15(14)20-17)8-11-4-6-12(16)7-5-11/h4-7,9H,8,17H2,1-3H3,(H,18,19,20). The largest absolute Gasteiger partial charge is 0.308 e. The van der Waals surface area contributed by atoms with Gasteiger partial charge >= 0.3 is 0 Å². The van der Waals surface area contributed by atoms with E-state index in [4.69, 9.17) is 5.84 Å². The van der Waals surface area contributed by atoms with Gasteiger partial charge in [-0.2, -0.15) is 0 Å². The van der Waals surface area contributed by atoms with Crippen LogP contribution in [0.3, 0.4) is 0 Å². The van der Waals surface area contributed by atoms with E-state index in [0.717, 1.165) is 27.4 Å². The van der Waals surface area contributed by atoms with Gasteiger partial charge in [-0.25, -0.2) is 15.8 Å². The zero-order valence-corrected chi connectivity index (χ0v) is 13.5. The van der Waals surface area contributed by atoms with Gasteiger partial charge in [0.15, 0.2) is 0 Å². The highest BCUT2D eigenvalue weighted by atomic mass is 79.9. The Bertz CT molecular complexity index is 594. The molecule has 1 aromatic heterocycles. The lowest BCUT2D eigenvalue weighted by Gasteiger charge is -2.15. The molecule has 0 saturated heterocycles. The molecule has 106 valence electrons. The number of nitrogens with two attached hydrogens (primary N) is 1. The number of anilines is 1. The third-order valence-corrected chi connectivity index (χ3v) is 3.70.